The summed E-state index contributed by atoms with van der Waals surface area (Å²) in [6.45, 7) is 2.66. The van der Waals surface area contributed by atoms with Gasteiger partial charge in [-0.2, -0.15) is 0 Å². The van der Waals surface area contributed by atoms with Crippen LogP contribution in [0, 0.1) is 6.92 Å². The third-order valence-electron chi connectivity index (χ3n) is 2.62. The summed E-state index contributed by atoms with van der Waals surface area (Å²) in [4.78, 5) is 4.05. The standard InChI is InChI=1S/C12H17N3O4S/c1-9-6-14-11(18-9)8-13-7-10-4-5-12(19-10)20(16,17)15(2)3/h4-6,13H,7-8H2,1-3H3. The second-order valence-corrected chi connectivity index (χ2v) is 6.56. The monoisotopic (exact) mass is 299 g/mol. The number of nitrogens with one attached hydrogen (secondary N) is 1. The highest BCUT2D eigenvalue weighted by molar-refractivity contribution is 7.88. The summed E-state index contributed by atoms with van der Waals surface area (Å²) < 4.78 is 35.4. The zero-order valence-electron chi connectivity index (χ0n) is 11.6. The van der Waals surface area contributed by atoms with E-state index < -0.39 is 10.0 Å². The molecule has 0 aliphatic rings. The number of aromatic nitrogens is 1. The summed E-state index contributed by atoms with van der Waals surface area (Å²) in [6, 6.07) is 3.08. The fourth-order valence-electron chi connectivity index (χ4n) is 1.55. The van der Waals surface area contributed by atoms with Gasteiger partial charge in [-0.25, -0.2) is 17.7 Å². The van der Waals surface area contributed by atoms with Crippen LogP contribution in [0.4, 0.5) is 0 Å². The molecule has 20 heavy (non-hydrogen) atoms. The molecule has 2 aromatic heterocycles. The van der Waals surface area contributed by atoms with Gasteiger partial charge in [0.15, 0.2) is 0 Å². The van der Waals surface area contributed by atoms with Crippen molar-refractivity contribution in [1.82, 2.24) is 14.6 Å². The molecule has 0 amide bonds. The average molecular weight is 299 g/mol. The van der Waals surface area contributed by atoms with E-state index in [-0.39, 0.29) is 5.09 Å². The molecule has 0 atom stereocenters. The van der Waals surface area contributed by atoms with Crippen LogP contribution in [0.1, 0.15) is 17.4 Å². The normalized spacial score (nSPS) is 12.2. The molecule has 2 aromatic rings. The Morgan fingerprint density at radius 2 is 2.00 bits per heavy atom. The van der Waals surface area contributed by atoms with Gasteiger partial charge in [-0.1, -0.05) is 0 Å². The molecule has 0 saturated heterocycles. The third kappa shape index (κ3) is 3.27. The highest BCUT2D eigenvalue weighted by Crippen LogP contribution is 2.16. The third-order valence-corrected chi connectivity index (χ3v) is 4.31. The van der Waals surface area contributed by atoms with E-state index in [0.717, 1.165) is 10.1 Å². The van der Waals surface area contributed by atoms with Gasteiger partial charge in [-0.05, 0) is 19.1 Å². The summed E-state index contributed by atoms with van der Waals surface area (Å²) in [7, 11) is -0.604. The molecule has 0 saturated carbocycles. The zero-order valence-corrected chi connectivity index (χ0v) is 12.4. The minimum absolute atomic E-state index is 0.0636. The fourth-order valence-corrected chi connectivity index (χ4v) is 2.36. The first-order chi connectivity index (χ1) is 9.39. The molecule has 0 spiro atoms. The number of sulfonamides is 1. The van der Waals surface area contributed by atoms with Gasteiger partial charge in [0.05, 0.1) is 19.3 Å². The lowest BCUT2D eigenvalue weighted by molar-refractivity contribution is 0.381. The molecule has 0 aromatic carbocycles. The van der Waals surface area contributed by atoms with Gasteiger partial charge in [0.25, 0.3) is 10.0 Å². The lowest BCUT2D eigenvalue weighted by Gasteiger charge is -2.07. The minimum atomic E-state index is -3.52. The number of rotatable bonds is 6. The first-order valence-electron chi connectivity index (χ1n) is 6.03. The molecule has 1 N–H and O–H groups in total. The van der Waals surface area contributed by atoms with Crippen molar-refractivity contribution in [1.29, 1.82) is 0 Å². The van der Waals surface area contributed by atoms with Crippen LogP contribution in [0.2, 0.25) is 0 Å². The van der Waals surface area contributed by atoms with Gasteiger partial charge >= 0.3 is 0 Å². The highest BCUT2D eigenvalue weighted by Gasteiger charge is 2.21. The molecule has 0 aliphatic heterocycles. The van der Waals surface area contributed by atoms with Gasteiger partial charge in [0.2, 0.25) is 11.0 Å². The van der Waals surface area contributed by atoms with Crippen LogP contribution in [0.15, 0.2) is 32.3 Å². The predicted molar refractivity (Wildman–Crippen MR) is 71.4 cm³/mol. The van der Waals surface area contributed by atoms with E-state index in [1.807, 2.05) is 6.92 Å². The van der Waals surface area contributed by atoms with Crippen LogP contribution >= 0.6 is 0 Å². The Labute approximate surface area is 117 Å². The van der Waals surface area contributed by atoms with Gasteiger partial charge in [-0.3, -0.25) is 0 Å². The Balaban J connectivity index is 1.93. The van der Waals surface area contributed by atoms with E-state index in [1.165, 1.54) is 20.2 Å². The second-order valence-electron chi connectivity index (χ2n) is 4.48. The lowest BCUT2D eigenvalue weighted by Crippen LogP contribution is -2.21. The smallest absolute Gasteiger partial charge is 0.275 e. The second kappa shape index (κ2) is 5.78. The molecule has 110 valence electrons. The van der Waals surface area contributed by atoms with Crippen molar-refractivity contribution in [3.8, 4) is 0 Å². The van der Waals surface area contributed by atoms with Crippen molar-refractivity contribution in [2.75, 3.05) is 14.1 Å². The Morgan fingerprint density at radius 1 is 1.25 bits per heavy atom. The Morgan fingerprint density at radius 3 is 2.60 bits per heavy atom. The number of furan rings is 1. The summed E-state index contributed by atoms with van der Waals surface area (Å²) in [5, 5.41) is 3.00. The van der Waals surface area contributed by atoms with Gasteiger partial charge in [-0.15, -0.1) is 0 Å². The van der Waals surface area contributed by atoms with Crippen LogP contribution in [-0.2, 0) is 23.1 Å². The maximum absolute atomic E-state index is 11.8. The van der Waals surface area contributed by atoms with Crippen molar-refractivity contribution >= 4 is 10.0 Å². The quantitative estimate of drug-likeness (QED) is 0.859. The SMILES string of the molecule is Cc1cnc(CNCc2ccc(S(=O)(=O)N(C)C)o2)o1. The number of aryl methyl sites for hydroxylation is 1. The Hall–Kier alpha value is -1.64. The van der Waals surface area contributed by atoms with Crippen molar-refractivity contribution < 1.29 is 17.3 Å². The number of oxazole rings is 1. The molecule has 8 heteroatoms. The number of nitrogens with zero attached hydrogens (tertiary/aromatic N) is 2. The first-order valence-corrected chi connectivity index (χ1v) is 7.47. The van der Waals surface area contributed by atoms with E-state index in [1.54, 1.807) is 12.3 Å². The zero-order chi connectivity index (χ0) is 14.8. The van der Waals surface area contributed by atoms with Crippen molar-refractivity contribution in [3.63, 3.8) is 0 Å². The van der Waals surface area contributed by atoms with Crippen molar-refractivity contribution in [2.45, 2.75) is 25.1 Å². The summed E-state index contributed by atoms with van der Waals surface area (Å²) in [5.74, 6) is 1.86. The molecule has 2 heterocycles. The van der Waals surface area contributed by atoms with Gasteiger partial charge < -0.3 is 14.2 Å². The Kier molecular flexibility index (Phi) is 4.26. The number of hydrogen-bond acceptors (Lipinski definition) is 6. The topological polar surface area (TPSA) is 88.6 Å². The molecule has 7 nitrogen and oxygen atoms in total. The molecule has 0 radical (unpaired) electrons. The maximum Gasteiger partial charge on any atom is 0.275 e. The molecule has 2 rings (SSSR count). The number of hydrogen-bond donors (Lipinski definition) is 1. The Bertz CT molecular complexity index is 672. The largest absolute Gasteiger partial charge is 0.447 e. The van der Waals surface area contributed by atoms with E-state index in [9.17, 15) is 8.42 Å². The van der Waals surface area contributed by atoms with Crippen LogP contribution < -0.4 is 5.32 Å². The summed E-state index contributed by atoms with van der Waals surface area (Å²) >= 11 is 0. The van der Waals surface area contributed by atoms with Crippen LogP contribution in [0.5, 0.6) is 0 Å². The molecule has 0 bridgehead atoms. The van der Waals surface area contributed by atoms with E-state index in [2.05, 4.69) is 10.3 Å². The molecular weight excluding hydrogens is 282 g/mol. The minimum Gasteiger partial charge on any atom is -0.447 e. The van der Waals surface area contributed by atoms with E-state index in [0.29, 0.717) is 24.7 Å². The van der Waals surface area contributed by atoms with Gasteiger partial charge in [0, 0.05) is 14.1 Å². The lowest BCUT2D eigenvalue weighted by atomic mass is 10.4. The maximum atomic E-state index is 11.8. The summed E-state index contributed by atoms with van der Waals surface area (Å²) in [5.41, 5.74) is 0. The van der Waals surface area contributed by atoms with Crippen molar-refractivity contribution in [2.24, 2.45) is 0 Å². The highest BCUT2D eigenvalue weighted by atomic mass is 32.2. The molecular formula is C12H17N3O4S. The molecule has 0 unspecified atom stereocenters. The average Bonchev–Trinajstić information content (AvgIpc) is 2.99. The van der Waals surface area contributed by atoms with Crippen LogP contribution in [-0.4, -0.2) is 31.8 Å². The molecule has 0 aliphatic carbocycles. The first kappa shape index (κ1) is 14.8. The summed E-state index contributed by atoms with van der Waals surface area (Å²) in [6.07, 6.45) is 1.64. The predicted octanol–water partition coefficient (Wildman–Crippen LogP) is 1.12. The van der Waals surface area contributed by atoms with Crippen molar-refractivity contribution in [3.05, 3.63) is 35.7 Å². The molecule has 0 fully saturated rings. The van der Waals surface area contributed by atoms with E-state index in [4.69, 9.17) is 8.83 Å². The van der Waals surface area contributed by atoms with Crippen LogP contribution in [0.25, 0.3) is 0 Å². The fraction of sp³-hybridized carbons (Fsp3) is 0.417. The van der Waals surface area contributed by atoms with Gasteiger partial charge in [0.1, 0.15) is 11.5 Å². The van der Waals surface area contributed by atoms with Crippen LogP contribution in [0.3, 0.4) is 0 Å². The van der Waals surface area contributed by atoms with E-state index >= 15 is 0 Å².